The quantitative estimate of drug-likeness (QED) is 0.123. The molecule has 1 heterocycles. The van der Waals surface area contributed by atoms with Crippen LogP contribution < -0.4 is 15.0 Å². The lowest BCUT2D eigenvalue weighted by atomic mass is 9.94. The number of hydrogen-bond acceptors (Lipinski definition) is 6. The monoisotopic (exact) mass is 548 g/mol. The molecule has 41 heavy (non-hydrogen) atoms. The van der Waals surface area contributed by atoms with Crippen molar-refractivity contribution >= 4 is 34.5 Å². The number of hydrogen-bond donors (Lipinski definition) is 3. The van der Waals surface area contributed by atoms with Gasteiger partial charge in [0.05, 0.1) is 18.2 Å². The van der Waals surface area contributed by atoms with Crippen molar-refractivity contribution in [3.05, 3.63) is 119 Å². The zero-order valence-corrected chi connectivity index (χ0v) is 23.2. The Hall–Kier alpha value is -5.04. The third-order valence-electron chi connectivity index (χ3n) is 6.88. The number of aryl methyl sites for hydroxylation is 1. The van der Waals surface area contributed by atoms with Gasteiger partial charge in [-0.2, -0.15) is 0 Å². The lowest BCUT2D eigenvalue weighted by Crippen LogP contribution is -2.29. The van der Waals surface area contributed by atoms with Crippen LogP contribution in [0.2, 0.25) is 0 Å². The van der Waals surface area contributed by atoms with Crippen LogP contribution in [0.25, 0.3) is 5.76 Å². The molecule has 3 N–H and O–H groups in total. The van der Waals surface area contributed by atoms with Gasteiger partial charge in [0.15, 0.2) is 0 Å². The van der Waals surface area contributed by atoms with Gasteiger partial charge in [-0.05, 0) is 90.7 Å². The predicted octanol–water partition coefficient (Wildman–Crippen LogP) is 7.11. The summed E-state index contributed by atoms with van der Waals surface area (Å²) in [4.78, 5) is 28.4. The van der Waals surface area contributed by atoms with Gasteiger partial charge in [-0.15, -0.1) is 0 Å². The lowest BCUT2D eigenvalue weighted by molar-refractivity contribution is -0.132. The molecule has 7 nitrogen and oxygen atoms in total. The highest BCUT2D eigenvalue weighted by atomic mass is 16.5. The molecule has 7 heteroatoms. The van der Waals surface area contributed by atoms with Gasteiger partial charge in [0.2, 0.25) is 0 Å². The number of aliphatic hydroxyl groups excluding tert-OH is 1. The minimum Gasteiger partial charge on any atom is -0.508 e. The van der Waals surface area contributed by atoms with E-state index >= 15 is 0 Å². The Morgan fingerprint density at radius 3 is 2.20 bits per heavy atom. The summed E-state index contributed by atoms with van der Waals surface area (Å²) in [5.41, 5.74) is 3.98. The van der Waals surface area contributed by atoms with Crippen LogP contribution in [0.15, 0.2) is 103 Å². The SMILES string of the molecule is Cc1cc(/C(O)=C2/C(=O)C(=O)N(c3ccc(Nc4ccccc4)cc3)C2c2ccc(O)cc2)ccc1OCC(C)C. The maximum absolute atomic E-state index is 13.5. The summed E-state index contributed by atoms with van der Waals surface area (Å²) >= 11 is 0. The molecule has 208 valence electrons. The van der Waals surface area contributed by atoms with E-state index < -0.39 is 17.7 Å². The average molecular weight is 549 g/mol. The first-order valence-electron chi connectivity index (χ1n) is 13.5. The molecule has 1 saturated heterocycles. The number of anilines is 3. The Kier molecular flexibility index (Phi) is 7.79. The number of para-hydroxylation sites is 1. The second-order valence-electron chi connectivity index (χ2n) is 10.5. The fourth-order valence-electron chi connectivity index (χ4n) is 4.83. The summed E-state index contributed by atoms with van der Waals surface area (Å²) in [6, 6.07) is 27.4. The van der Waals surface area contributed by atoms with E-state index in [9.17, 15) is 19.8 Å². The first-order valence-corrected chi connectivity index (χ1v) is 13.5. The Morgan fingerprint density at radius 2 is 1.56 bits per heavy atom. The molecule has 5 rings (SSSR count). The van der Waals surface area contributed by atoms with Gasteiger partial charge in [0.25, 0.3) is 11.7 Å². The molecule has 0 bridgehead atoms. The number of aromatic hydroxyl groups is 1. The topological polar surface area (TPSA) is 99.1 Å². The molecular formula is C34H32N2O5. The fraction of sp³-hybridized carbons (Fsp3) is 0.176. The number of nitrogens with one attached hydrogen (secondary N) is 1. The minimum atomic E-state index is -0.902. The van der Waals surface area contributed by atoms with E-state index in [2.05, 4.69) is 19.2 Å². The van der Waals surface area contributed by atoms with Crippen molar-refractivity contribution in [3.63, 3.8) is 0 Å². The standard InChI is InChI=1S/C34H32N2O5/c1-21(2)20-41-29-18-11-24(19-22(29)3)32(38)30-31(23-9-16-28(37)17-10-23)36(34(40)33(30)39)27-14-12-26(13-15-27)35-25-7-5-4-6-8-25/h4-19,21,31,35,37-38H,20H2,1-3H3/b32-30-. The second kappa shape index (κ2) is 11.6. The van der Waals surface area contributed by atoms with E-state index in [0.29, 0.717) is 35.1 Å². The molecule has 0 saturated carbocycles. The zero-order chi connectivity index (χ0) is 29.1. The number of nitrogens with zero attached hydrogens (tertiary/aromatic N) is 1. The number of phenols is 1. The predicted molar refractivity (Wildman–Crippen MR) is 161 cm³/mol. The number of carbonyl (C=O) groups excluding carboxylic acids is 2. The fourth-order valence-corrected chi connectivity index (χ4v) is 4.83. The highest BCUT2D eigenvalue weighted by Gasteiger charge is 2.47. The van der Waals surface area contributed by atoms with Gasteiger partial charge in [-0.1, -0.05) is 44.2 Å². The van der Waals surface area contributed by atoms with Crippen molar-refractivity contribution in [3.8, 4) is 11.5 Å². The maximum Gasteiger partial charge on any atom is 0.300 e. The molecule has 1 aliphatic heterocycles. The van der Waals surface area contributed by atoms with Crippen molar-refractivity contribution in [2.24, 2.45) is 5.92 Å². The Bertz CT molecular complexity index is 1590. The number of phenolic OH excluding ortho intramolecular Hbond substituents is 1. The number of rotatable bonds is 8. The van der Waals surface area contributed by atoms with Crippen LogP contribution >= 0.6 is 0 Å². The van der Waals surface area contributed by atoms with Gasteiger partial charge in [0.1, 0.15) is 17.3 Å². The highest BCUT2D eigenvalue weighted by Crippen LogP contribution is 2.43. The van der Waals surface area contributed by atoms with E-state index in [1.807, 2.05) is 49.4 Å². The van der Waals surface area contributed by atoms with Crippen LogP contribution in [-0.4, -0.2) is 28.5 Å². The van der Waals surface area contributed by atoms with Gasteiger partial charge >= 0.3 is 0 Å². The highest BCUT2D eigenvalue weighted by molar-refractivity contribution is 6.51. The van der Waals surface area contributed by atoms with E-state index in [-0.39, 0.29) is 17.1 Å². The number of aliphatic hydroxyl groups is 1. The van der Waals surface area contributed by atoms with Gasteiger partial charge < -0.3 is 20.3 Å². The maximum atomic E-state index is 13.5. The summed E-state index contributed by atoms with van der Waals surface area (Å²) in [6.07, 6.45) is 0. The van der Waals surface area contributed by atoms with Crippen molar-refractivity contribution in [1.82, 2.24) is 0 Å². The van der Waals surface area contributed by atoms with E-state index in [1.165, 1.54) is 17.0 Å². The lowest BCUT2D eigenvalue weighted by Gasteiger charge is -2.26. The number of benzene rings is 4. The summed E-state index contributed by atoms with van der Waals surface area (Å²) < 4.78 is 5.86. The molecule has 0 aliphatic carbocycles. The van der Waals surface area contributed by atoms with Crippen LogP contribution in [0.1, 0.15) is 36.6 Å². The zero-order valence-electron chi connectivity index (χ0n) is 23.2. The molecule has 1 fully saturated rings. The van der Waals surface area contributed by atoms with E-state index in [0.717, 1.165) is 16.9 Å². The van der Waals surface area contributed by atoms with Gasteiger partial charge in [-0.3, -0.25) is 14.5 Å². The molecule has 0 aromatic heterocycles. The van der Waals surface area contributed by atoms with Crippen molar-refractivity contribution in [1.29, 1.82) is 0 Å². The largest absolute Gasteiger partial charge is 0.508 e. The van der Waals surface area contributed by atoms with E-state index in [4.69, 9.17) is 4.74 Å². The second-order valence-corrected chi connectivity index (χ2v) is 10.5. The number of ether oxygens (including phenoxy) is 1. The van der Waals surface area contributed by atoms with Crippen LogP contribution in [0, 0.1) is 12.8 Å². The molecule has 4 aromatic rings. The van der Waals surface area contributed by atoms with Crippen LogP contribution in [0.5, 0.6) is 11.5 Å². The number of Topliss-reactive ketones (excluding diaryl/α,β-unsaturated/α-hetero) is 1. The third-order valence-corrected chi connectivity index (χ3v) is 6.88. The normalized spacial score (nSPS) is 16.3. The smallest absolute Gasteiger partial charge is 0.300 e. The summed E-state index contributed by atoms with van der Waals surface area (Å²) in [5.74, 6) is -0.715. The first kappa shape index (κ1) is 27.5. The van der Waals surface area contributed by atoms with Crippen LogP contribution in [0.4, 0.5) is 17.1 Å². The van der Waals surface area contributed by atoms with Crippen molar-refractivity contribution < 1.29 is 24.5 Å². The molecule has 0 spiro atoms. The Labute approximate surface area is 239 Å². The molecule has 1 amide bonds. The molecule has 4 aromatic carbocycles. The van der Waals surface area contributed by atoms with Crippen LogP contribution in [0.3, 0.4) is 0 Å². The van der Waals surface area contributed by atoms with Gasteiger partial charge in [-0.25, -0.2) is 0 Å². The Balaban J connectivity index is 1.55. The number of amides is 1. The molecule has 1 atom stereocenters. The molecule has 1 unspecified atom stereocenters. The third kappa shape index (κ3) is 5.79. The Morgan fingerprint density at radius 1 is 0.902 bits per heavy atom. The molecule has 0 radical (unpaired) electrons. The van der Waals surface area contributed by atoms with Gasteiger partial charge in [0, 0.05) is 22.6 Å². The summed E-state index contributed by atoms with van der Waals surface area (Å²) in [6.45, 7) is 6.54. The number of ketones is 1. The van der Waals surface area contributed by atoms with Crippen molar-refractivity contribution in [2.75, 3.05) is 16.8 Å². The summed E-state index contributed by atoms with van der Waals surface area (Å²) in [7, 11) is 0. The molecule has 1 aliphatic rings. The minimum absolute atomic E-state index is 0.0255. The number of carbonyl (C=O) groups is 2. The molecular weight excluding hydrogens is 516 g/mol. The van der Waals surface area contributed by atoms with E-state index in [1.54, 1.807) is 42.5 Å². The van der Waals surface area contributed by atoms with Crippen LogP contribution in [-0.2, 0) is 9.59 Å². The average Bonchev–Trinajstić information content (AvgIpc) is 3.23. The first-order chi connectivity index (χ1) is 19.7. The summed E-state index contributed by atoms with van der Waals surface area (Å²) in [5, 5.41) is 24.7. The van der Waals surface area contributed by atoms with Crippen molar-refractivity contribution in [2.45, 2.75) is 26.8 Å².